The Bertz CT molecular complexity index is 331. The minimum Gasteiger partial charge on any atom is -0.319 e. The third-order valence-electron chi connectivity index (χ3n) is 4.42. The normalized spacial score (nSPS) is 11.8. The number of nitrogens with one attached hydrogen (secondary N) is 1. The lowest BCUT2D eigenvalue weighted by molar-refractivity contribution is -0.936. The van der Waals surface area contributed by atoms with Crippen LogP contribution in [0.5, 0.6) is 0 Å². The van der Waals surface area contributed by atoms with Crippen LogP contribution in [0, 0.1) is 0 Å². The smallest absolute Gasteiger partial charge is 0.104 e. The summed E-state index contributed by atoms with van der Waals surface area (Å²) in [6.45, 7) is 14.0. The van der Waals surface area contributed by atoms with Crippen LogP contribution >= 0.6 is 0 Å². The molecule has 2 heteroatoms. The van der Waals surface area contributed by atoms with Gasteiger partial charge >= 0.3 is 0 Å². The first-order chi connectivity index (χ1) is 9.76. The fourth-order valence-electron chi connectivity index (χ4n) is 2.75. The Morgan fingerprint density at radius 1 is 0.900 bits per heavy atom. The summed E-state index contributed by atoms with van der Waals surface area (Å²) < 4.78 is 1.19. The maximum absolute atomic E-state index is 3.61. The molecular weight excluding hydrogens is 244 g/mol. The molecule has 0 fully saturated rings. The second-order valence-corrected chi connectivity index (χ2v) is 5.80. The Kier molecular flexibility index (Phi) is 8.56. The first kappa shape index (κ1) is 17.2. The van der Waals surface area contributed by atoms with Crippen LogP contribution in [0.1, 0.15) is 45.6 Å². The van der Waals surface area contributed by atoms with Crippen LogP contribution in [0.15, 0.2) is 30.3 Å². The molecule has 20 heavy (non-hydrogen) atoms. The molecule has 0 aliphatic heterocycles. The van der Waals surface area contributed by atoms with Gasteiger partial charge in [0.1, 0.15) is 6.54 Å². The molecule has 0 bridgehead atoms. The molecule has 0 amide bonds. The summed E-state index contributed by atoms with van der Waals surface area (Å²) >= 11 is 0. The minimum atomic E-state index is 1.14. The number of nitrogens with zero attached hydrogens (tertiary/aromatic N) is 1. The van der Waals surface area contributed by atoms with Crippen molar-refractivity contribution in [3.05, 3.63) is 35.9 Å². The lowest BCUT2D eigenvalue weighted by Crippen LogP contribution is -2.50. The highest BCUT2D eigenvalue weighted by atomic mass is 15.3. The molecule has 0 aliphatic carbocycles. The van der Waals surface area contributed by atoms with E-state index in [-0.39, 0.29) is 0 Å². The second-order valence-electron chi connectivity index (χ2n) is 5.80. The minimum absolute atomic E-state index is 1.14. The van der Waals surface area contributed by atoms with E-state index in [0.717, 1.165) is 13.1 Å². The summed E-state index contributed by atoms with van der Waals surface area (Å²) in [6.07, 6.45) is 3.96. The fraction of sp³-hybridized carbons (Fsp3) is 0.667. The van der Waals surface area contributed by atoms with Gasteiger partial charge in [0.05, 0.1) is 19.6 Å². The number of rotatable bonds is 11. The monoisotopic (exact) mass is 277 g/mol. The number of unbranched alkanes of at least 4 members (excludes halogenated alkanes) is 2. The van der Waals surface area contributed by atoms with Crippen molar-refractivity contribution < 1.29 is 4.48 Å². The first-order valence-corrected chi connectivity index (χ1v) is 8.36. The molecule has 1 aromatic carbocycles. The third-order valence-corrected chi connectivity index (χ3v) is 4.42. The first-order valence-electron chi connectivity index (χ1n) is 8.36. The van der Waals surface area contributed by atoms with Crippen LogP contribution in [0.3, 0.4) is 0 Å². The summed E-state index contributed by atoms with van der Waals surface area (Å²) in [6, 6.07) is 10.9. The standard InChI is InChI=1S/C18H33N2/c1-4-7-11-14-19-15-16-20(5-2,6-3)17-18-12-9-8-10-13-18/h8-10,12-13,19H,4-7,11,14-17H2,1-3H3/q+1. The SMILES string of the molecule is CCCCCNCC[N+](CC)(CC)Cc1ccccc1. The summed E-state index contributed by atoms with van der Waals surface area (Å²) in [5.41, 5.74) is 1.46. The van der Waals surface area contributed by atoms with Gasteiger partial charge in [0.2, 0.25) is 0 Å². The highest BCUT2D eigenvalue weighted by Gasteiger charge is 2.22. The van der Waals surface area contributed by atoms with Gasteiger partial charge in [0.15, 0.2) is 0 Å². The molecule has 114 valence electrons. The van der Waals surface area contributed by atoms with Crippen molar-refractivity contribution in [2.75, 3.05) is 32.7 Å². The van der Waals surface area contributed by atoms with Crippen LogP contribution in [0.2, 0.25) is 0 Å². The van der Waals surface area contributed by atoms with Gasteiger partial charge in [-0.25, -0.2) is 0 Å². The van der Waals surface area contributed by atoms with Gasteiger partial charge in [-0.05, 0) is 26.8 Å². The van der Waals surface area contributed by atoms with E-state index in [4.69, 9.17) is 0 Å². The van der Waals surface area contributed by atoms with Gasteiger partial charge in [-0.15, -0.1) is 0 Å². The van der Waals surface area contributed by atoms with Gasteiger partial charge in [-0.3, -0.25) is 0 Å². The van der Waals surface area contributed by atoms with Gasteiger partial charge < -0.3 is 9.80 Å². The zero-order chi connectivity index (χ0) is 14.7. The quantitative estimate of drug-likeness (QED) is 0.479. The van der Waals surface area contributed by atoms with E-state index in [1.165, 1.54) is 55.5 Å². The van der Waals surface area contributed by atoms with Crippen LogP contribution in [-0.4, -0.2) is 37.2 Å². The lowest BCUT2D eigenvalue weighted by atomic mass is 10.1. The van der Waals surface area contributed by atoms with E-state index >= 15 is 0 Å². The molecule has 0 saturated heterocycles. The summed E-state index contributed by atoms with van der Waals surface area (Å²) in [5.74, 6) is 0. The van der Waals surface area contributed by atoms with Crippen molar-refractivity contribution in [2.45, 2.75) is 46.6 Å². The maximum Gasteiger partial charge on any atom is 0.104 e. The van der Waals surface area contributed by atoms with E-state index in [0.29, 0.717) is 0 Å². The Morgan fingerprint density at radius 3 is 2.20 bits per heavy atom. The van der Waals surface area contributed by atoms with Crippen molar-refractivity contribution in [1.29, 1.82) is 0 Å². The molecule has 0 atom stereocenters. The largest absolute Gasteiger partial charge is 0.319 e. The highest BCUT2D eigenvalue weighted by molar-refractivity contribution is 5.13. The third kappa shape index (κ3) is 6.06. The van der Waals surface area contributed by atoms with Crippen molar-refractivity contribution in [3.63, 3.8) is 0 Å². The molecular formula is C18H33N2+. The van der Waals surface area contributed by atoms with E-state index in [1.807, 2.05) is 0 Å². The Hall–Kier alpha value is -0.860. The van der Waals surface area contributed by atoms with Crippen molar-refractivity contribution in [3.8, 4) is 0 Å². The van der Waals surface area contributed by atoms with Crippen LogP contribution < -0.4 is 5.32 Å². The van der Waals surface area contributed by atoms with E-state index in [1.54, 1.807) is 0 Å². The van der Waals surface area contributed by atoms with E-state index in [2.05, 4.69) is 56.4 Å². The molecule has 0 radical (unpaired) electrons. The van der Waals surface area contributed by atoms with Crippen molar-refractivity contribution in [1.82, 2.24) is 5.32 Å². The molecule has 0 aliphatic rings. The summed E-state index contributed by atoms with van der Waals surface area (Å²) in [4.78, 5) is 0. The van der Waals surface area contributed by atoms with Gasteiger partial charge in [0.25, 0.3) is 0 Å². The van der Waals surface area contributed by atoms with E-state index in [9.17, 15) is 0 Å². The van der Waals surface area contributed by atoms with Crippen LogP contribution in [0.25, 0.3) is 0 Å². The molecule has 1 N–H and O–H groups in total. The molecule has 0 heterocycles. The van der Waals surface area contributed by atoms with Gasteiger partial charge in [0, 0.05) is 12.1 Å². The average Bonchev–Trinajstić information content (AvgIpc) is 2.50. The van der Waals surface area contributed by atoms with Gasteiger partial charge in [-0.2, -0.15) is 0 Å². The van der Waals surface area contributed by atoms with Gasteiger partial charge in [-0.1, -0.05) is 50.1 Å². The summed E-state index contributed by atoms with van der Waals surface area (Å²) in [5, 5.41) is 3.61. The topological polar surface area (TPSA) is 12.0 Å². The number of hydrogen-bond donors (Lipinski definition) is 1. The number of quaternary nitrogens is 1. The second kappa shape index (κ2) is 9.95. The molecule has 1 rings (SSSR count). The van der Waals surface area contributed by atoms with Crippen molar-refractivity contribution in [2.24, 2.45) is 0 Å². The summed E-state index contributed by atoms with van der Waals surface area (Å²) in [7, 11) is 0. The molecule has 0 spiro atoms. The number of likely N-dealkylation sites (N-methyl/N-ethyl adjacent to an activating group) is 1. The van der Waals surface area contributed by atoms with Crippen LogP contribution in [0.4, 0.5) is 0 Å². The zero-order valence-electron chi connectivity index (χ0n) is 13.7. The average molecular weight is 277 g/mol. The molecule has 0 unspecified atom stereocenters. The number of hydrogen-bond acceptors (Lipinski definition) is 1. The molecule has 0 aromatic heterocycles. The van der Waals surface area contributed by atoms with Crippen LogP contribution in [-0.2, 0) is 6.54 Å². The Labute approximate surface area is 125 Å². The highest BCUT2D eigenvalue weighted by Crippen LogP contribution is 2.13. The van der Waals surface area contributed by atoms with E-state index < -0.39 is 0 Å². The predicted molar refractivity (Wildman–Crippen MR) is 88.8 cm³/mol. The Morgan fingerprint density at radius 2 is 1.60 bits per heavy atom. The van der Waals surface area contributed by atoms with Crippen molar-refractivity contribution >= 4 is 0 Å². The molecule has 1 aromatic rings. The maximum atomic E-state index is 3.61. The number of benzene rings is 1. The predicted octanol–water partition coefficient (Wildman–Crippen LogP) is 3.82. The fourth-order valence-corrected chi connectivity index (χ4v) is 2.75. The molecule has 2 nitrogen and oxygen atoms in total. The molecule has 0 saturated carbocycles. The lowest BCUT2D eigenvalue weighted by Gasteiger charge is -2.37. The zero-order valence-corrected chi connectivity index (χ0v) is 13.7. The Balaban J connectivity index is 2.41.